The number of nitrogens with zero attached hydrogens (tertiary/aromatic N) is 3. The van der Waals surface area contributed by atoms with Crippen molar-refractivity contribution in [3.8, 4) is 0 Å². The Labute approximate surface area is 71.8 Å². The van der Waals surface area contributed by atoms with Crippen molar-refractivity contribution in [1.82, 2.24) is 14.8 Å². The van der Waals surface area contributed by atoms with Gasteiger partial charge in [-0.1, -0.05) is 0 Å². The maximum absolute atomic E-state index is 5.47. The van der Waals surface area contributed by atoms with Gasteiger partial charge in [0.05, 0.1) is 0 Å². The first-order valence-electron chi connectivity index (χ1n) is 4.50. The van der Waals surface area contributed by atoms with E-state index >= 15 is 0 Å². The highest BCUT2D eigenvalue weighted by Crippen LogP contribution is 2.31. The quantitative estimate of drug-likeness (QED) is 0.711. The van der Waals surface area contributed by atoms with E-state index in [0.29, 0.717) is 12.6 Å². The number of hydrogen-bond donors (Lipinski definition) is 1. The molecule has 0 radical (unpaired) electrons. The Kier molecular flexibility index (Phi) is 2.08. The van der Waals surface area contributed by atoms with Gasteiger partial charge in [-0.3, -0.25) is 0 Å². The predicted octanol–water partition coefficient (Wildman–Crippen LogP) is 0.504. The Bertz CT molecular complexity index is 251. The molecule has 4 nitrogen and oxygen atoms in total. The van der Waals surface area contributed by atoms with Crippen LogP contribution in [0.4, 0.5) is 0 Å². The smallest absolute Gasteiger partial charge is 0.134 e. The van der Waals surface area contributed by atoms with Crippen molar-refractivity contribution in [2.45, 2.75) is 31.7 Å². The minimum absolute atomic E-state index is 0.654. The van der Waals surface area contributed by atoms with Crippen molar-refractivity contribution in [3.63, 3.8) is 0 Å². The molecule has 0 aromatic carbocycles. The van der Waals surface area contributed by atoms with Crippen LogP contribution in [0, 0.1) is 0 Å². The fraction of sp³-hybridized carbons (Fsp3) is 0.750. The molecule has 0 saturated heterocycles. The fourth-order valence-corrected chi connectivity index (χ4v) is 1.54. The number of aromatic nitrogens is 3. The summed E-state index contributed by atoms with van der Waals surface area (Å²) in [5.74, 6) is 1.04. The first-order chi connectivity index (χ1) is 5.92. The van der Waals surface area contributed by atoms with Crippen LogP contribution in [-0.2, 0) is 6.42 Å². The van der Waals surface area contributed by atoms with E-state index in [0.717, 1.165) is 12.2 Å². The third-order valence-corrected chi connectivity index (χ3v) is 2.48. The van der Waals surface area contributed by atoms with Crippen molar-refractivity contribution >= 4 is 0 Å². The molecule has 1 aromatic rings. The highest BCUT2D eigenvalue weighted by atomic mass is 15.3. The predicted molar refractivity (Wildman–Crippen MR) is 45.7 cm³/mol. The van der Waals surface area contributed by atoms with E-state index in [2.05, 4.69) is 14.8 Å². The minimum atomic E-state index is 0.654. The molecule has 1 fully saturated rings. The van der Waals surface area contributed by atoms with Crippen molar-refractivity contribution in [2.75, 3.05) is 6.54 Å². The van der Waals surface area contributed by atoms with E-state index < -0.39 is 0 Å². The van der Waals surface area contributed by atoms with Gasteiger partial charge in [-0.25, -0.2) is 0 Å². The molecular formula is C8H14N4. The van der Waals surface area contributed by atoms with Gasteiger partial charge in [0.2, 0.25) is 0 Å². The normalized spacial score (nSPS) is 17.8. The lowest BCUT2D eigenvalue weighted by molar-refractivity contribution is 0.305. The first kappa shape index (κ1) is 7.73. The summed E-state index contributed by atoms with van der Waals surface area (Å²) in [7, 11) is 0. The third kappa shape index (κ3) is 1.22. The molecule has 0 aliphatic heterocycles. The van der Waals surface area contributed by atoms with Gasteiger partial charge in [-0.05, 0) is 25.8 Å². The van der Waals surface area contributed by atoms with Crippen LogP contribution in [0.25, 0.3) is 0 Å². The lowest BCUT2D eigenvalue weighted by Gasteiger charge is -2.27. The van der Waals surface area contributed by atoms with Gasteiger partial charge in [-0.2, -0.15) is 0 Å². The van der Waals surface area contributed by atoms with Crippen LogP contribution in [-0.4, -0.2) is 21.3 Å². The molecule has 1 aliphatic carbocycles. The van der Waals surface area contributed by atoms with Gasteiger partial charge in [0, 0.05) is 12.5 Å². The van der Waals surface area contributed by atoms with Crippen LogP contribution in [0.2, 0.25) is 0 Å². The van der Waals surface area contributed by atoms with Crippen molar-refractivity contribution < 1.29 is 0 Å². The van der Waals surface area contributed by atoms with Crippen molar-refractivity contribution in [1.29, 1.82) is 0 Å². The van der Waals surface area contributed by atoms with Crippen molar-refractivity contribution in [2.24, 2.45) is 5.73 Å². The molecule has 2 N–H and O–H groups in total. The zero-order valence-electron chi connectivity index (χ0n) is 7.11. The average Bonchev–Trinajstić information content (AvgIpc) is 2.35. The number of rotatable bonds is 3. The van der Waals surface area contributed by atoms with Gasteiger partial charge < -0.3 is 10.3 Å². The molecule has 0 bridgehead atoms. The van der Waals surface area contributed by atoms with Crippen LogP contribution in [0.1, 0.15) is 31.1 Å². The molecule has 1 saturated carbocycles. The molecule has 0 spiro atoms. The highest BCUT2D eigenvalue weighted by Gasteiger charge is 2.21. The van der Waals surface area contributed by atoms with Crippen LogP contribution >= 0.6 is 0 Å². The Hall–Kier alpha value is -0.900. The summed E-state index contributed by atoms with van der Waals surface area (Å²) in [4.78, 5) is 0. The van der Waals surface area contributed by atoms with E-state index in [1.807, 2.05) is 6.33 Å². The molecule has 2 rings (SSSR count). The van der Waals surface area contributed by atoms with Gasteiger partial charge in [0.1, 0.15) is 12.2 Å². The molecule has 4 heteroatoms. The molecule has 0 amide bonds. The molecule has 1 heterocycles. The molecule has 0 atom stereocenters. The van der Waals surface area contributed by atoms with Crippen LogP contribution in [0.3, 0.4) is 0 Å². The standard InChI is InChI=1S/C8H14N4/c9-5-4-8-11-10-6-12(8)7-2-1-3-7/h6-7H,1-5,9H2. The van der Waals surface area contributed by atoms with Crippen LogP contribution in [0.5, 0.6) is 0 Å². The SMILES string of the molecule is NCCc1nncn1C1CCC1. The summed E-state index contributed by atoms with van der Waals surface area (Å²) in [5, 5.41) is 7.94. The minimum Gasteiger partial charge on any atom is -0.330 e. The molecule has 1 aliphatic rings. The number of hydrogen-bond acceptors (Lipinski definition) is 3. The van der Waals surface area contributed by atoms with E-state index in [-0.39, 0.29) is 0 Å². The zero-order chi connectivity index (χ0) is 8.39. The van der Waals surface area contributed by atoms with E-state index in [1.165, 1.54) is 19.3 Å². The second-order valence-electron chi connectivity index (χ2n) is 3.28. The molecule has 66 valence electrons. The highest BCUT2D eigenvalue weighted by molar-refractivity contribution is 4.92. The van der Waals surface area contributed by atoms with Crippen LogP contribution in [0.15, 0.2) is 6.33 Å². The summed E-state index contributed by atoms with van der Waals surface area (Å²) >= 11 is 0. The van der Waals surface area contributed by atoms with Crippen molar-refractivity contribution in [3.05, 3.63) is 12.2 Å². The Morgan fingerprint density at radius 1 is 1.58 bits per heavy atom. The molecular weight excluding hydrogens is 152 g/mol. The largest absolute Gasteiger partial charge is 0.330 e. The maximum Gasteiger partial charge on any atom is 0.134 e. The van der Waals surface area contributed by atoms with Gasteiger partial charge in [0.15, 0.2) is 0 Å². The maximum atomic E-state index is 5.47. The monoisotopic (exact) mass is 166 g/mol. The van der Waals surface area contributed by atoms with E-state index in [1.54, 1.807) is 0 Å². The van der Waals surface area contributed by atoms with Gasteiger partial charge in [0.25, 0.3) is 0 Å². The molecule has 1 aromatic heterocycles. The Morgan fingerprint density at radius 2 is 2.42 bits per heavy atom. The lowest BCUT2D eigenvalue weighted by Crippen LogP contribution is -2.20. The van der Waals surface area contributed by atoms with Crippen LogP contribution < -0.4 is 5.73 Å². The molecule has 0 unspecified atom stereocenters. The van der Waals surface area contributed by atoms with E-state index in [9.17, 15) is 0 Å². The summed E-state index contributed by atoms with van der Waals surface area (Å²) in [6.07, 6.45) is 6.56. The lowest BCUT2D eigenvalue weighted by atomic mass is 9.93. The summed E-state index contributed by atoms with van der Waals surface area (Å²) in [6, 6.07) is 0.654. The second kappa shape index (κ2) is 3.23. The summed E-state index contributed by atoms with van der Waals surface area (Å²) in [5.41, 5.74) is 5.47. The number of nitrogens with two attached hydrogens (primary N) is 1. The fourth-order valence-electron chi connectivity index (χ4n) is 1.54. The third-order valence-electron chi connectivity index (χ3n) is 2.48. The van der Waals surface area contributed by atoms with Gasteiger partial charge >= 0.3 is 0 Å². The molecule has 12 heavy (non-hydrogen) atoms. The second-order valence-corrected chi connectivity index (χ2v) is 3.28. The topological polar surface area (TPSA) is 56.7 Å². The Balaban J connectivity index is 2.12. The van der Waals surface area contributed by atoms with E-state index in [4.69, 9.17) is 5.73 Å². The summed E-state index contributed by atoms with van der Waals surface area (Å²) in [6.45, 7) is 0.658. The Morgan fingerprint density at radius 3 is 3.00 bits per heavy atom. The summed E-state index contributed by atoms with van der Waals surface area (Å²) < 4.78 is 2.18. The van der Waals surface area contributed by atoms with Gasteiger partial charge in [-0.15, -0.1) is 10.2 Å². The average molecular weight is 166 g/mol. The zero-order valence-corrected chi connectivity index (χ0v) is 7.11. The first-order valence-corrected chi connectivity index (χ1v) is 4.50.